The van der Waals surface area contributed by atoms with E-state index in [-0.39, 0.29) is 6.09 Å². The SMILES string of the molecule is CCOC(=O)NCCCc1cn(CC(C)C)nc1C. The molecule has 0 unspecified atom stereocenters. The molecule has 1 aromatic rings. The maximum Gasteiger partial charge on any atom is 0.407 e. The zero-order chi connectivity index (χ0) is 14.3. The third kappa shape index (κ3) is 5.77. The third-order valence-electron chi connectivity index (χ3n) is 2.77. The molecule has 1 heterocycles. The van der Waals surface area contributed by atoms with Crippen molar-refractivity contribution in [2.75, 3.05) is 13.2 Å². The van der Waals surface area contributed by atoms with Crippen LogP contribution in [0.3, 0.4) is 0 Å². The predicted octanol–water partition coefficient (Wildman–Crippen LogP) is 2.53. The largest absolute Gasteiger partial charge is 0.450 e. The average Bonchev–Trinajstić information content (AvgIpc) is 2.64. The number of carbonyl (C=O) groups is 1. The maximum absolute atomic E-state index is 11.1. The highest BCUT2D eigenvalue weighted by Crippen LogP contribution is 2.09. The fourth-order valence-electron chi connectivity index (χ4n) is 1.92. The summed E-state index contributed by atoms with van der Waals surface area (Å²) in [6.45, 7) is 10.2. The number of alkyl carbamates (subject to hydrolysis) is 1. The summed E-state index contributed by atoms with van der Waals surface area (Å²) in [6.07, 6.45) is 3.60. The Labute approximate surface area is 115 Å². The van der Waals surface area contributed by atoms with Crippen LogP contribution in [0.1, 0.15) is 38.4 Å². The van der Waals surface area contributed by atoms with E-state index in [0.29, 0.717) is 19.1 Å². The molecular formula is C14H25N3O2. The number of nitrogens with zero attached hydrogens (tertiary/aromatic N) is 2. The van der Waals surface area contributed by atoms with Crippen molar-refractivity contribution in [2.24, 2.45) is 5.92 Å². The molecule has 0 saturated carbocycles. The van der Waals surface area contributed by atoms with Gasteiger partial charge in [-0.15, -0.1) is 0 Å². The molecule has 0 spiro atoms. The Hall–Kier alpha value is -1.52. The first-order valence-corrected chi connectivity index (χ1v) is 6.96. The van der Waals surface area contributed by atoms with Gasteiger partial charge >= 0.3 is 6.09 Å². The zero-order valence-electron chi connectivity index (χ0n) is 12.4. The van der Waals surface area contributed by atoms with Gasteiger partial charge in [0.15, 0.2) is 0 Å². The van der Waals surface area contributed by atoms with Gasteiger partial charge in [0, 0.05) is 19.3 Å². The van der Waals surface area contributed by atoms with Gasteiger partial charge in [-0.05, 0) is 38.2 Å². The first-order chi connectivity index (χ1) is 9.02. The number of nitrogens with one attached hydrogen (secondary N) is 1. The van der Waals surface area contributed by atoms with E-state index in [1.54, 1.807) is 6.92 Å². The summed E-state index contributed by atoms with van der Waals surface area (Å²) in [5, 5.41) is 7.22. The van der Waals surface area contributed by atoms with Crippen molar-refractivity contribution in [3.8, 4) is 0 Å². The summed E-state index contributed by atoms with van der Waals surface area (Å²) in [5.41, 5.74) is 2.34. The molecule has 1 amide bonds. The second kappa shape index (κ2) is 7.81. The molecule has 0 aliphatic rings. The topological polar surface area (TPSA) is 56.1 Å². The third-order valence-corrected chi connectivity index (χ3v) is 2.77. The molecule has 5 nitrogen and oxygen atoms in total. The van der Waals surface area contributed by atoms with Gasteiger partial charge in [-0.25, -0.2) is 4.79 Å². The normalized spacial score (nSPS) is 10.8. The molecule has 1 N–H and O–H groups in total. The molecule has 19 heavy (non-hydrogen) atoms. The van der Waals surface area contributed by atoms with E-state index >= 15 is 0 Å². The van der Waals surface area contributed by atoms with Gasteiger partial charge in [-0.1, -0.05) is 13.8 Å². The van der Waals surface area contributed by atoms with E-state index < -0.39 is 0 Å². The number of aryl methyl sites for hydroxylation is 2. The van der Waals surface area contributed by atoms with E-state index in [2.05, 4.69) is 30.5 Å². The summed E-state index contributed by atoms with van der Waals surface area (Å²) in [7, 11) is 0. The second-order valence-corrected chi connectivity index (χ2v) is 5.11. The molecule has 5 heteroatoms. The van der Waals surface area contributed by atoms with Gasteiger partial charge < -0.3 is 10.1 Å². The molecule has 0 saturated heterocycles. The van der Waals surface area contributed by atoms with Gasteiger partial charge in [0.2, 0.25) is 0 Å². The molecule has 0 aliphatic heterocycles. The fourth-order valence-corrected chi connectivity index (χ4v) is 1.92. The van der Waals surface area contributed by atoms with Gasteiger partial charge in [0.1, 0.15) is 0 Å². The summed E-state index contributed by atoms with van der Waals surface area (Å²) >= 11 is 0. The lowest BCUT2D eigenvalue weighted by atomic mass is 10.1. The molecule has 0 fully saturated rings. The molecule has 0 atom stereocenters. The van der Waals surface area contributed by atoms with E-state index in [1.165, 1.54) is 5.56 Å². The quantitative estimate of drug-likeness (QED) is 0.772. The lowest BCUT2D eigenvalue weighted by Crippen LogP contribution is -2.25. The van der Waals surface area contributed by atoms with Crippen molar-refractivity contribution in [3.63, 3.8) is 0 Å². The average molecular weight is 267 g/mol. The van der Waals surface area contributed by atoms with Crippen LogP contribution < -0.4 is 5.32 Å². The number of rotatable bonds is 7. The first-order valence-electron chi connectivity index (χ1n) is 6.96. The number of hydrogen-bond acceptors (Lipinski definition) is 3. The molecule has 0 radical (unpaired) electrons. The summed E-state index contributed by atoms with van der Waals surface area (Å²) in [5.74, 6) is 0.595. The number of carbonyl (C=O) groups excluding carboxylic acids is 1. The van der Waals surface area contributed by atoms with Crippen molar-refractivity contribution in [1.29, 1.82) is 0 Å². The first kappa shape index (κ1) is 15.5. The van der Waals surface area contributed by atoms with Gasteiger partial charge in [0.25, 0.3) is 0 Å². The van der Waals surface area contributed by atoms with Gasteiger partial charge in [0.05, 0.1) is 12.3 Å². The number of aromatic nitrogens is 2. The highest BCUT2D eigenvalue weighted by molar-refractivity contribution is 5.66. The van der Waals surface area contributed by atoms with Crippen LogP contribution in [0.25, 0.3) is 0 Å². The van der Waals surface area contributed by atoms with Crippen LogP contribution >= 0.6 is 0 Å². The van der Waals surface area contributed by atoms with Crippen LogP contribution in [0, 0.1) is 12.8 Å². The molecule has 0 bridgehead atoms. The smallest absolute Gasteiger partial charge is 0.407 e. The Morgan fingerprint density at radius 2 is 2.26 bits per heavy atom. The predicted molar refractivity (Wildman–Crippen MR) is 75.1 cm³/mol. The Kier molecular flexibility index (Phi) is 6.39. The minimum absolute atomic E-state index is 0.338. The minimum atomic E-state index is -0.338. The van der Waals surface area contributed by atoms with E-state index in [0.717, 1.165) is 25.1 Å². The van der Waals surface area contributed by atoms with Gasteiger partial charge in [-0.3, -0.25) is 4.68 Å². The Morgan fingerprint density at radius 1 is 1.53 bits per heavy atom. The molecule has 0 aliphatic carbocycles. The molecule has 1 aromatic heterocycles. The van der Waals surface area contributed by atoms with Crippen LogP contribution in [-0.4, -0.2) is 29.0 Å². The molecule has 0 aromatic carbocycles. The minimum Gasteiger partial charge on any atom is -0.450 e. The van der Waals surface area contributed by atoms with Crippen LogP contribution in [0.4, 0.5) is 4.79 Å². The highest BCUT2D eigenvalue weighted by Gasteiger charge is 2.06. The van der Waals surface area contributed by atoms with Crippen molar-refractivity contribution in [3.05, 3.63) is 17.5 Å². The molecule has 1 rings (SSSR count). The molecule has 108 valence electrons. The summed E-state index contributed by atoms with van der Waals surface area (Å²) in [4.78, 5) is 11.1. The molecular weight excluding hydrogens is 242 g/mol. The monoisotopic (exact) mass is 267 g/mol. The second-order valence-electron chi connectivity index (χ2n) is 5.11. The fraction of sp³-hybridized carbons (Fsp3) is 0.714. The van der Waals surface area contributed by atoms with Crippen molar-refractivity contribution in [1.82, 2.24) is 15.1 Å². The van der Waals surface area contributed by atoms with Crippen molar-refractivity contribution in [2.45, 2.75) is 47.1 Å². The number of amides is 1. The Morgan fingerprint density at radius 3 is 2.89 bits per heavy atom. The number of ether oxygens (including phenoxy) is 1. The lowest BCUT2D eigenvalue weighted by molar-refractivity contribution is 0.152. The van der Waals surface area contributed by atoms with Crippen molar-refractivity contribution >= 4 is 6.09 Å². The standard InChI is InChI=1S/C14H25N3O2/c1-5-19-14(18)15-8-6-7-13-10-17(9-11(2)3)16-12(13)4/h10-11H,5-9H2,1-4H3,(H,15,18). The number of hydrogen-bond donors (Lipinski definition) is 1. The van der Waals surface area contributed by atoms with E-state index in [1.807, 2.05) is 11.6 Å². The van der Waals surface area contributed by atoms with Crippen LogP contribution in [0.15, 0.2) is 6.20 Å². The van der Waals surface area contributed by atoms with Gasteiger partial charge in [-0.2, -0.15) is 5.10 Å². The summed E-state index contributed by atoms with van der Waals surface area (Å²) < 4.78 is 6.81. The Bertz CT molecular complexity index is 399. The van der Waals surface area contributed by atoms with Crippen LogP contribution in [0.5, 0.6) is 0 Å². The lowest BCUT2D eigenvalue weighted by Gasteiger charge is -2.04. The van der Waals surface area contributed by atoms with Crippen molar-refractivity contribution < 1.29 is 9.53 Å². The van der Waals surface area contributed by atoms with Crippen LogP contribution in [0.2, 0.25) is 0 Å². The van der Waals surface area contributed by atoms with E-state index in [9.17, 15) is 4.79 Å². The maximum atomic E-state index is 11.1. The highest BCUT2D eigenvalue weighted by atomic mass is 16.5. The summed E-state index contributed by atoms with van der Waals surface area (Å²) in [6, 6.07) is 0. The Balaban J connectivity index is 2.33. The van der Waals surface area contributed by atoms with Crippen LogP contribution in [-0.2, 0) is 17.7 Å². The zero-order valence-corrected chi connectivity index (χ0v) is 12.4. The van der Waals surface area contributed by atoms with E-state index in [4.69, 9.17) is 4.74 Å².